The van der Waals surface area contributed by atoms with Gasteiger partial charge in [0.1, 0.15) is 0 Å². The average Bonchev–Trinajstić information content (AvgIpc) is 2.48. The SMILES string of the molecule is C=CC(CCCCCCCCCCCCC)C(=O)C(C)Cl. The van der Waals surface area contributed by atoms with Gasteiger partial charge in [0.2, 0.25) is 0 Å². The van der Waals surface area contributed by atoms with Crippen molar-refractivity contribution in [1.82, 2.24) is 0 Å². The molecule has 0 aromatic rings. The van der Waals surface area contributed by atoms with Crippen LogP contribution in [0.2, 0.25) is 0 Å². The third kappa shape index (κ3) is 12.0. The van der Waals surface area contributed by atoms with E-state index in [4.69, 9.17) is 11.6 Å². The van der Waals surface area contributed by atoms with Crippen molar-refractivity contribution in [2.45, 2.75) is 96.3 Å². The van der Waals surface area contributed by atoms with Crippen molar-refractivity contribution in [3.8, 4) is 0 Å². The molecule has 0 heterocycles. The first-order valence-electron chi connectivity index (χ1n) is 8.93. The maximum absolute atomic E-state index is 11.8. The van der Waals surface area contributed by atoms with Crippen LogP contribution in [-0.2, 0) is 4.79 Å². The molecular weight excluding hydrogens is 280 g/mol. The molecular formula is C19H35ClO. The van der Waals surface area contributed by atoms with Gasteiger partial charge in [-0.05, 0) is 13.3 Å². The highest BCUT2D eigenvalue weighted by Crippen LogP contribution is 2.17. The van der Waals surface area contributed by atoms with Crippen LogP contribution in [0.15, 0.2) is 12.7 Å². The molecule has 0 spiro atoms. The van der Waals surface area contributed by atoms with Crippen molar-refractivity contribution in [2.24, 2.45) is 5.92 Å². The number of carbonyl (C=O) groups excluding carboxylic acids is 1. The fraction of sp³-hybridized carbons (Fsp3) is 0.842. The van der Waals surface area contributed by atoms with Gasteiger partial charge in [-0.3, -0.25) is 4.79 Å². The van der Waals surface area contributed by atoms with Crippen LogP contribution in [0.5, 0.6) is 0 Å². The van der Waals surface area contributed by atoms with Gasteiger partial charge in [0.25, 0.3) is 0 Å². The van der Waals surface area contributed by atoms with Crippen molar-refractivity contribution in [1.29, 1.82) is 0 Å². The fourth-order valence-corrected chi connectivity index (χ4v) is 2.86. The summed E-state index contributed by atoms with van der Waals surface area (Å²) in [5.41, 5.74) is 0. The van der Waals surface area contributed by atoms with Gasteiger partial charge in [-0.15, -0.1) is 18.2 Å². The predicted molar refractivity (Wildman–Crippen MR) is 95.1 cm³/mol. The van der Waals surface area contributed by atoms with Crippen LogP contribution in [0.1, 0.15) is 90.9 Å². The Morgan fingerprint density at radius 1 is 0.952 bits per heavy atom. The standard InChI is InChI=1S/C19H35ClO/c1-4-6-7-8-9-10-11-12-13-14-15-16-18(5-2)19(21)17(3)20/h5,17-18H,2,4,6-16H2,1,3H3. The van der Waals surface area contributed by atoms with E-state index < -0.39 is 0 Å². The summed E-state index contributed by atoms with van der Waals surface area (Å²) < 4.78 is 0. The van der Waals surface area contributed by atoms with Gasteiger partial charge >= 0.3 is 0 Å². The molecule has 0 aromatic carbocycles. The molecule has 0 rings (SSSR count). The highest BCUT2D eigenvalue weighted by Gasteiger charge is 2.18. The predicted octanol–water partition coefficient (Wildman–Crippen LogP) is 6.69. The van der Waals surface area contributed by atoms with Crippen molar-refractivity contribution in [2.75, 3.05) is 0 Å². The smallest absolute Gasteiger partial charge is 0.157 e. The first-order valence-corrected chi connectivity index (χ1v) is 9.37. The normalized spacial score (nSPS) is 13.9. The first kappa shape index (κ1) is 20.7. The molecule has 0 saturated heterocycles. The van der Waals surface area contributed by atoms with E-state index in [1.54, 1.807) is 13.0 Å². The molecule has 0 saturated carbocycles. The fourth-order valence-electron chi connectivity index (χ4n) is 2.70. The average molecular weight is 315 g/mol. The molecule has 0 aliphatic heterocycles. The molecule has 1 nitrogen and oxygen atoms in total. The third-order valence-electron chi connectivity index (χ3n) is 4.16. The zero-order valence-corrected chi connectivity index (χ0v) is 15.0. The van der Waals surface area contributed by atoms with E-state index >= 15 is 0 Å². The summed E-state index contributed by atoms with van der Waals surface area (Å²) in [5.74, 6) is 0.0785. The van der Waals surface area contributed by atoms with E-state index in [0.29, 0.717) is 0 Å². The number of rotatable bonds is 15. The summed E-state index contributed by atoms with van der Waals surface area (Å²) >= 11 is 5.85. The van der Waals surface area contributed by atoms with Crippen molar-refractivity contribution in [3.63, 3.8) is 0 Å². The molecule has 0 aliphatic carbocycles. The molecule has 2 unspecified atom stereocenters. The second kappa shape index (κ2) is 14.6. The summed E-state index contributed by atoms with van der Waals surface area (Å²) in [6.07, 6.45) is 17.4. The highest BCUT2D eigenvalue weighted by molar-refractivity contribution is 6.31. The van der Waals surface area contributed by atoms with Crippen LogP contribution in [0.3, 0.4) is 0 Å². The van der Waals surface area contributed by atoms with E-state index in [2.05, 4.69) is 13.5 Å². The quantitative estimate of drug-likeness (QED) is 0.187. The van der Waals surface area contributed by atoms with Crippen LogP contribution >= 0.6 is 11.6 Å². The van der Waals surface area contributed by atoms with Gasteiger partial charge in [0, 0.05) is 5.92 Å². The second-order valence-corrected chi connectivity index (χ2v) is 6.84. The Hall–Kier alpha value is -0.300. The maximum atomic E-state index is 11.8. The van der Waals surface area contributed by atoms with Gasteiger partial charge in [0.05, 0.1) is 5.38 Å². The maximum Gasteiger partial charge on any atom is 0.157 e. The van der Waals surface area contributed by atoms with Crippen LogP contribution in [-0.4, -0.2) is 11.2 Å². The van der Waals surface area contributed by atoms with Crippen molar-refractivity contribution >= 4 is 17.4 Å². The molecule has 0 fully saturated rings. The molecule has 0 radical (unpaired) electrons. The lowest BCUT2D eigenvalue weighted by atomic mass is 9.94. The largest absolute Gasteiger partial charge is 0.297 e. The van der Waals surface area contributed by atoms with E-state index in [0.717, 1.165) is 12.8 Å². The van der Waals surface area contributed by atoms with E-state index in [9.17, 15) is 4.79 Å². The minimum atomic E-state index is -0.388. The molecule has 2 heteroatoms. The number of carbonyl (C=O) groups is 1. The van der Waals surface area contributed by atoms with Crippen molar-refractivity contribution in [3.05, 3.63) is 12.7 Å². The Kier molecular flexibility index (Phi) is 14.4. The zero-order valence-electron chi connectivity index (χ0n) is 14.2. The Bertz CT molecular complexity index is 260. The summed E-state index contributed by atoms with van der Waals surface area (Å²) in [6, 6.07) is 0. The monoisotopic (exact) mass is 314 g/mol. The Labute approximate surface area is 137 Å². The van der Waals surface area contributed by atoms with E-state index in [-0.39, 0.29) is 17.1 Å². The number of Topliss-reactive ketones (excluding diaryl/α,β-unsaturated/α-hetero) is 1. The second-order valence-electron chi connectivity index (χ2n) is 6.18. The van der Waals surface area contributed by atoms with Crippen LogP contribution in [0, 0.1) is 5.92 Å². The Morgan fingerprint density at radius 3 is 1.76 bits per heavy atom. The lowest BCUT2D eigenvalue weighted by molar-refractivity contribution is -0.121. The lowest BCUT2D eigenvalue weighted by Crippen LogP contribution is -2.20. The number of halogens is 1. The summed E-state index contributed by atoms with van der Waals surface area (Å²) in [6.45, 7) is 7.77. The van der Waals surface area contributed by atoms with Crippen LogP contribution in [0.25, 0.3) is 0 Å². The number of unbranched alkanes of at least 4 members (excludes halogenated alkanes) is 10. The molecule has 0 N–H and O–H groups in total. The third-order valence-corrected chi connectivity index (χ3v) is 4.38. The molecule has 0 bridgehead atoms. The van der Waals surface area contributed by atoms with Crippen molar-refractivity contribution < 1.29 is 4.79 Å². The molecule has 21 heavy (non-hydrogen) atoms. The van der Waals surface area contributed by atoms with E-state index in [1.807, 2.05) is 0 Å². The molecule has 2 atom stereocenters. The molecule has 0 amide bonds. The summed E-state index contributed by atoms with van der Waals surface area (Å²) in [5, 5.41) is -0.388. The number of hydrogen-bond donors (Lipinski definition) is 0. The Balaban J connectivity index is 3.39. The number of alkyl halides is 1. The van der Waals surface area contributed by atoms with Gasteiger partial charge in [0.15, 0.2) is 5.78 Å². The summed E-state index contributed by atoms with van der Waals surface area (Å²) in [4.78, 5) is 11.8. The number of ketones is 1. The molecule has 0 aliphatic rings. The minimum absolute atomic E-state index is 0.0453. The van der Waals surface area contributed by atoms with Gasteiger partial charge < -0.3 is 0 Å². The Morgan fingerprint density at radius 2 is 1.38 bits per heavy atom. The molecule has 0 aromatic heterocycles. The lowest BCUT2D eigenvalue weighted by Gasteiger charge is -2.12. The van der Waals surface area contributed by atoms with Crippen LogP contribution < -0.4 is 0 Å². The molecule has 124 valence electrons. The van der Waals surface area contributed by atoms with Crippen LogP contribution in [0.4, 0.5) is 0 Å². The van der Waals surface area contributed by atoms with Gasteiger partial charge in [-0.25, -0.2) is 0 Å². The number of hydrogen-bond acceptors (Lipinski definition) is 1. The van der Waals surface area contributed by atoms with Gasteiger partial charge in [-0.2, -0.15) is 0 Å². The topological polar surface area (TPSA) is 17.1 Å². The first-order chi connectivity index (χ1) is 10.1. The zero-order chi connectivity index (χ0) is 15.9. The highest BCUT2D eigenvalue weighted by atomic mass is 35.5. The number of allylic oxidation sites excluding steroid dienone is 1. The van der Waals surface area contributed by atoms with Gasteiger partial charge in [-0.1, -0.05) is 83.6 Å². The van der Waals surface area contributed by atoms with E-state index in [1.165, 1.54) is 64.2 Å². The minimum Gasteiger partial charge on any atom is -0.297 e. The summed E-state index contributed by atoms with van der Waals surface area (Å²) in [7, 11) is 0.